The van der Waals surface area contributed by atoms with Crippen LogP contribution in [0, 0.1) is 0 Å². The molecule has 2 nitrogen and oxygen atoms in total. The number of aromatic nitrogens is 1. The van der Waals surface area contributed by atoms with E-state index in [0.717, 1.165) is 33.4 Å². The quantitative estimate of drug-likeness (QED) is 0.273. The smallest absolute Gasteiger partial charge is 0.143 e. The summed E-state index contributed by atoms with van der Waals surface area (Å²) in [6.45, 7) is 4.67. The molecule has 0 radical (unpaired) electrons. The molecule has 0 fully saturated rings. The first-order valence-corrected chi connectivity index (χ1v) is 11.1. The predicted molar refractivity (Wildman–Crippen MR) is 132 cm³/mol. The summed E-state index contributed by atoms with van der Waals surface area (Å²) in [5, 5.41) is 4.86. The lowest BCUT2D eigenvalue weighted by molar-refractivity contribution is 0.648. The van der Waals surface area contributed by atoms with Crippen molar-refractivity contribution >= 4 is 32.7 Å². The van der Waals surface area contributed by atoms with Crippen molar-refractivity contribution in [1.29, 1.82) is 0 Å². The molecule has 0 unspecified atom stereocenters. The van der Waals surface area contributed by atoms with Gasteiger partial charge in [-0.05, 0) is 33.5 Å². The van der Waals surface area contributed by atoms with Crippen molar-refractivity contribution < 1.29 is 4.42 Å². The fourth-order valence-electron chi connectivity index (χ4n) is 5.66. The molecule has 4 aromatic carbocycles. The summed E-state index contributed by atoms with van der Waals surface area (Å²) in [6, 6.07) is 30.2. The van der Waals surface area contributed by atoms with E-state index in [1.54, 1.807) is 0 Å². The van der Waals surface area contributed by atoms with Gasteiger partial charge in [0.2, 0.25) is 0 Å². The van der Waals surface area contributed by atoms with Gasteiger partial charge in [-0.3, -0.25) is 4.98 Å². The van der Waals surface area contributed by atoms with Crippen LogP contribution in [0.1, 0.15) is 25.0 Å². The maximum absolute atomic E-state index is 6.55. The molecule has 0 amide bonds. The first-order chi connectivity index (χ1) is 15.6. The van der Waals surface area contributed by atoms with E-state index in [2.05, 4.69) is 92.7 Å². The topological polar surface area (TPSA) is 26.0 Å². The van der Waals surface area contributed by atoms with Gasteiger partial charge < -0.3 is 4.42 Å². The Kier molecular flexibility index (Phi) is 3.37. The predicted octanol–water partition coefficient (Wildman–Crippen LogP) is 8.11. The normalized spacial score (nSPS) is 14.2. The van der Waals surface area contributed by atoms with Crippen LogP contribution in [0.15, 0.2) is 95.5 Å². The lowest BCUT2D eigenvalue weighted by Crippen LogP contribution is -2.20. The van der Waals surface area contributed by atoms with Gasteiger partial charge in [0.1, 0.15) is 11.2 Å². The van der Waals surface area contributed by atoms with E-state index in [-0.39, 0.29) is 5.41 Å². The molecule has 6 aromatic rings. The first-order valence-electron chi connectivity index (χ1n) is 11.1. The highest BCUT2D eigenvalue weighted by molar-refractivity contribution is 6.18. The summed E-state index contributed by atoms with van der Waals surface area (Å²) >= 11 is 0. The summed E-state index contributed by atoms with van der Waals surface area (Å²) in [4.78, 5) is 4.91. The molecular weight excluding hydrogens is 390 g/mol. The molecule has 1 aliphatic rings. The first kappa shape index (κ1) is 17.7. The number of pyridine rings is 1. The van der Waals surface area contributed by atoms with Crippen molar-refractivity contribution in [2.24, 2.45) is 0 Å². The van der Waals surface area contributed by atoms with Crippen molar-refractivity contribution in [2.45, 2.75) is 19.3 Å². The molecule has 7 rings (SSSR count). The molecule has 0 saturated carbocycles. The van der Waals surface area contributed by atoms with Gasteiger partial charge in [-0.25, -0.2) is 0 Å². The van der Waals surface area contributed by atoms with Crippen molar-refractivity contribution in [1.82, 2.24) is 4.98 Å². The van der Waals surface area contributed by atoms with E-state index in [4.69, 9.17) is 9.40 Å². The molecule has 0 spiro atoms. The number of rotatable bonds is 1. The lowest BCUT2D eigenvalue weighted by Gasteiger charge is -2.29. The van der Waals surface area contributed by atoms with E-state index in [1.165, 1.54) is 32.8 Å². The van der Waals surface area contributed by atoms with Crippen LogP contribution in [0.4, 0.5) is 0 Å². The van der Waals surface area contributed by atoms with Gasteiger partial charge in [0.25, 0.3) is 0 Å². The average molecular weight is 412 g/mol. The van der Waals surface area contributed by atoms with E-state index in [9.17, 15) is 0 Å². The van der Waals surface area contributed by atoms with Gasteiger partial charge in [-0.2, -0.15) is 0 Å². The third-order valence-corrected chi connectivity index (χ3v) is 7.10. The Morgan fingerprint density at radius 2 is 1.50 bits per heavy atom. The molecule has 0 bridgehead atoms. The molecule has 2 heterocycles. The number of furan rings is 1. The minimum Gasteiger partial charge on any atom is -0.455 e. The molecule has 2 heteroatoms. The van der Waals surface area contributed by atoms with Crippen LogP contribution in [0.2, 0.25) is 0 Å². The molecule has 0 N–H and O–H groups in total. The summed E-state index contributed by atoms with van der Waals surface area (Å²) < 4.78 is 6.55. The second-order valence-corrected chi connectivity index (χ2v) is 9.20. The third kappa shape index (κ3) is 2.17. The zero-order chi connectivity index (χ0) is 21.4. The Hall–Kier alpha value is -3.91. The monoisotopic (exact) mass is 411 g/mol. The Labute approximate surface area is 186 Å². The number of benzene rings is 4. The van der Waals surface area contributed by atoms with Crippen LogP contribution in [-0.4, -0.2) is 4.98 Å². The van der Waals surface area contributed by atoms with Crippen LogP contribution >= 0.6 is 0 Å². The summed E-state index contributed by atoms with van der Waals surface area (Å²) in [7, 11) is 0. The second kappa shape index (κ2) is 6.08. The van der Waals surface area contributed by atoms with Crippen molar-refractivity contribution in [3.05, 3.63) is 102 Å². The van der Waals surface area contributed by atoms with Crippen LogP contribution in [-0.2, 0) is 5.41 Å². The Balaban J connectivity index is 1.71. The molecular formula is C30H21NO. The van der Waals surface area contributed by atoms with Crippen molar-refractivity contribution in [3.63, 3.8) is 0 Å². The number of fused-ring (bicyclic) bond motifs is 4. The molecule has 2 aromatic heterocycles. The van der Waals surface area contributed by atoms with Crippen LogP contribution in [0.3, 0.4) is 0 Å². The standard InChI is InChI=1S/C30H21NO/c1-30(2)23-15-14-21(18-8-4-3-5-9-18)29-25(23)26-24(32-29)16-17-31-28(26)22-13-12-19-10-6-7-11-20(19)27(22)30/h3-17H,1-2H3. The molecule has 1 aliphatic carbocycles. The van der Waals surface area contributed by atoms with Crippen LogP contribution in [0.5, 0.6) is 0 Å². The number of nitrogens with zero attached hydrogens (tertiary/aromatic N) is 1. The highest BCUT2D eigenvalue weighted by Gasteiger charge is 2.36. The van der Waals surface area contributed by atoms with Crippen molar-refractivity contribution in [2.75, 3.05) is 0 Å². The highest BCUT2D eigenvalue weighted by Crippen LogP contribution is 2.52. The van der Waals surface area contributed by atoms with Gasteiger partial charge in [0.15, 0.2) is 0 Å². The van der Waals surface area contributed by atoms with Gasteiger partial charge in [-0.15, -0.1) is 0 Å². The van der Waals surface area contributed by atoms with Crippen molar-refractivity contribution in [3.8, 4) is 22.4 Å². The SMILES string of the molecule is CC1(C)c2c(ccc3ccccc23)-c2nccc3oc4c(-c5ccccc5)ccc1c4c23. The van der Waals surface area contributed by atoms with E-state index < -0.39 is 0 Å². The van der Waals surface area contributed by atoms with Gasteiger partial charge in [-0.1, -0.05) is 92.7 Å². The van der Waals surface area contributed by atoms with E-state index >= 15 is 0 Å². The Morgan fingerprint density at radius 1 is 0.719 bits per heavy atom. The Bertz CT molecular complexity index is 1690. The maximum Gasteiger partial charge on any atom is 0.143 e. The number of hydrogen-bond donors (Lipinski definition) is 0. The zero-order valence-electron chi connectivity index (χ0n) is 18.0. The zero-order valence-corrected chi connectivity index (χ0v) is 18.0. The second-order valence-electron chi connectivity index (χ2n) is 9.20. The van der Waals surface area contributed by atoms with E-state index in [0.29, 0.717) is 0 Å². The van der Waals surface area contributed by atoms with E-state index in [1.807, 2.05) is 12.3 Å². The number of hydrogen-bond acceptors (Lipinski definition) is 2. The third-order valence-electron chi connectivity index (χ3n) is 7.10. The summed E-state index contributed by atoms with van der Waals surface area (Å²) in [6.07, 6.45) is 1.87. The van der Waals surface area contributed by atoms with Gasteiger partial charge in [0.05, 0.1) is 11.1 Å². The molecule has 0 saturated heterocycles. The Morgan fingerprint density at radius 3 is 2.38 bits per heavy atom. The molecule has 0 atom stereocenters. The molecule has 152 valence electrons. The van der Waals surface area contributed by atoms with Crippen LogP contribution < -0.4 is 0 Å². The lowest BCUT2D eigenvalue weighted by atomic mass is 9.73. The minimum absolute atomic E-state index is 0.221. The fourth-order valence-corrected chi connectivity index (χ4v) is 5.66. The maximum atomic E-state index is 6.55. The highest BCUT2D eigenvalue weighted by atomic mass is 16.3. The fraction of sp³-hybridized carbons (Fsp3) is 0.100. The summed E-state index contributed by atoms with van der Waals surface area (Å²) in [5.41, 5.74) is 8.74. The van der Waals surface area contributed by atoms with Gasteiger partial charge in [0, 0.05) is 28.1 Å². The molecule has 0 aliphatic heterocycles. The average Bonchev–Trinajstić information content (AvgIpc) is 3.19. The summed E-state index contributed by atoms with van der Waals surface area (Å²) in [5.74, 6) is 0. The largest absolute Gasteiger partial charge is 0.455 e. The minimum atomic E-state index is -0.221. The van der Waals surface area contributed by atoms with Crippen LogP contribution in [0.25, 0.3) is 55.1 Å². The van der Waals surface area contributed by atoms with Gasteiger partial charge >= 0.3 is 0 Å². The molecule has 32 heavy (non-hydrogen) atoms.